The standard InChI is InChI=1S/C24H15N2O.C16H18N.Ir/c1-14-10-22(26-13-15(14)2)20-5-3-4-18-19-9-8-17-7-6-16(12-25)11-21(17)24(19)27-23(18)20;1-16(2,3)11-13-9-10-15(17-12-13)14-7-5-4-6-8-14;/h3-4,6-11,13H,1-2H3;4-7,9-10,12H,11H2,1-3H3;/q2*-1;/i1D3,2D3;11D2;. The van der Waals surface area contributed by atoms with E-state index in [4.69, 9.17) is 15.4 Å². The van der Waals surface area contributed by atoms with Crippen molar-refractivity contribution < 1.29 is 35.5 Å². The summed E-state index contributed by atoms with van der Waals surface area (Å²) in [7, 11) is 0. The van der Waals surface area contributed by atoms with E-state index < -0.39 is 25.5 Å². The largest absolute Gasteiger partial charge is 0.500 e. The number of pyridine rings is 2. The molecular weight excluding hydrogens is 731 g/mol. The first kappa shape index (κ1) is 22.8. The van der Waals surface area contributed by atoms with Crippen molar-refractivity contribution >= 4 is 32.7 Å². The van der Waals surface area contributed by atoms with Crippen LogP contribution in [0.25, 0.3) is 55.2 Å². The number of nitrogens with zero attached hydrogens (tertiary/aromatic N) is 3. The Morgan fingerprint density at radius 3 is 2.33 bits per heavy atom. The summed E-state index contributed by atoms with van der Waals surface area (Å²) in [5.74, 6) is 0. The average molecular weight is 772 g/mol. The maximum Gasteiger partial charge on any atom is 0.128 e. The Kier molecular flexibility index (Phi) is 6.68. The Morgan fingerprint density at radius 1 is 0.822 bits per heavy atom. The van der Waals surface area contributed by atoms with Gasteiger partial charge in [0.25, 0.3) is 0 Å². The van der Waals surface area contributed by atoms with Crippen LogP contribution in [0.5, 0.6) is 0 Å². The van der Waals surface area contributed by atoms with Crippen LogP contribution in [0.4, 0.5) is 0 Å². The molecule has 7 aromatic rings. The summed E-state index contributed by atoms with van der Waals surface area (Å²) < 4.78 is 69.2. The maximum atomic E-state index is 9.29. The predicted molar refractivity (Wildman–Crippen MR) is 179 cm³/mol. The fourth-order valence-electron chi connectivity index (χ4n) is 4.98. The fraction of sp³-hybridized carbons (Fsp3) is 0.175. The van der Waals surface area contributed by atoms with Crippen molar-refractivity contribution in [1.29, 1.82) is 5.26 Å². The predicted octanol–water partition coefficient (Wildman–Crippen LogP) is 10.2. The summed E-state index contributed by atoms with van der Waals surface area (Å²) in [5.41, 5.74) is 3.52. The van der Waals surface area contributed by atoms with Gasteiger partial charge in [-0.2, -0.15) is 5.26 Å². The molecule has 0 atom stereocenters. The van der Waals surface area contributed by atoms with Gasteiger partial charge in [-0.05, 0) is 65.5 Å². The number of aromatic nitrogens is 2. The van der Waals surface area contributed by atoms with Gasteiger partial charge in [0.05, 0.1) is 17.2 Å². The molecule has 7 rings (SSSR count). The minimum atomic E-state index is -2.63. The van der Waals surface area contributed by atoms with Gasteiger partial charge in [0.2, 0.25) is 0 Å². The van der Waals surface area contributed by atoms with Gasteiger partial charge in [-0.25, -0.2) is 0 Å². The second kappa shape index (κ2) is 13.2. The van der Waals surface area contributed by atoms with Gasteiger partial charge in [-0.1, -0.05) is 73.7 Å². The quantitative estimate of drug-likeness (QED) is 0.168. The van der Waals surface area contributed by atoms with Crippen molar-refractivity contribution in [3.63, 3.8) is 0 Å². The number of hydrogen-bond donors (Lipinski definition) is 0. The van der Waals surface area contributed by atoms with Crippen LogP contribution in [-0.4, -0.2) is 9.97 Å². The monoisotopic (exact) mass is 772 g/mol. The molecule has 3 aromatic heterocycles. The third-order valence-corrected chi connectivity index (χ3v) is 6.97. The molecule has 0 spiro atoms. The van der Waals surface area contributed by atoms with Crippen molar-refractivity contribution in [2.45, 2.75) is 40.8 Å². The van der Waals surface area contributed by atoms with E-state index >= 15 is 0 Å². The Balaban J connectivity index is 0.000000232. The molecule has 0 N–H and O–H groups in total. The zero-order valence-corrected chi connectivity index (χ0v) is 27.2. The molecule has 0 unspecified atom stereocenters. The Labute approximate surface area is 289 Å². The van der Waals surface area contributed by atoms with Crippen LogP contribution in [0.1, 0.15) is 54.0 Å². The smallest absolute Gasteiger partial charge is 0.128 e. The summed E-state index contributed by atoms with van der Waals surface area (Å²) >= 11 is 0. The molecule has 5 heteroatoms. The number of benzene rings is 4. The normalized spacial score (nSPS) is 14.6. The Morgan fingerprint density at radius 2 is 1.62 bits per heavy atom. The van der Waals surface area contributed by atoms with Gasteiger partial charge < -0.3 is 14.4 Å². The summed E-state index contributed by atoms with van der Waals surface area (Å²) in [5, 5.41) is 12.6. The first-order valence-electron chi connectivity index (χ1n) is 18.0. The van der Waals surface area contributed by atoms with Gasteiger partial charge >= 0.3 is 0 Å². The molecule has 0 aliphatic carbocycles. The van der Waals surface area contributed by atoms with E-state index in [1.165, 1.54) is 6.07 Å². The molecule has 0 fully saturated rings. The molecule has 4 aromatic carbocycles. The second-order valence-electron chi connectivity index (χ2n) is 11.4. The van der Waals surface area contributed by atoms with Crippen LogP contribution in [0.15, 0.2) is 102 Å². The van der Waals surface area contributed by atoms with Crippen molar-refractivity contribution in [1.82, 2.24) is 9.97 Å². The Bertz CT molecular complexity index is 2460. The SMILES string of the molecule is [2H]C([2H])([2H])c1cnc(-c2[c-]ccc3c2oc2c4cc(C#N)ccc4ccc32)cc1C([2H])([2H])[2H].[2H]C([2H])(c1ccc(-c2[c-]cccc2)nc1)C(C)(C)C.[Ir]. The van der Waals surface area contributed by atoms with Crippen molar-refractivity contribution in [2.75, 3.05) is 0 Å². The molecule has 0 aliphatic rings. The number of rotatable bonds is 3. The molecular formula is C40H33IrN3O-2. The van der Waals surface area contributed by atoms with Crippen LogP contribution in [-0.2, 0) is 26.5 Å². The van der Waals surface area contributed by atoms with Crippen molar-refractivity contribution in [2.24, 2.45) is 5.41 Å². The summed E-state index contributed by atoms with van der Waals surface area (Å²) in [6.07, 6.45) is 1.31. The van der Waals surface area contributed by atoms with Gasteiger partial charge in [-0.15, -0.1) is 54.1 Å². The van der Waals surface area contributed by atoms with Gasteiger partial charge in [0.15, 0.2) is 0 Å². The van der Waals surface area contributed by atoms with Crippen molar-refractivity contribution in [3.8, 4) is 28.6 Å². The third kappa shape index (κ3) is 6.89. The summed E-state index contributed by atoms with van der Waals surface area (Å²) in [6, 6.07) is 33.7. The molecule has 4 nitrogen and oxygen atoms in total. The molecule has 1 radical (unpaired) electrons. The average Bonchev–Trinajstić information content (AvgIpc) is 3.50. The van der Waals surface area contributed by atoms with Crippen LogP contribution in [0, 0.1) is 42.6 Å². The number of fused-ring (bicyclic) bond motifs is 5. The van der Waals surface area contributed by atoms with Crippen LogP contribution < -0.4 is 0 Å². The number of furan rings is 1. The topological polar surface area (TPSA) is 62.7 Å². The van der Waals surface area contributed by atoms with E-state index in [2.05, 4.69) is 28.2 Å². The van der Waals surface area contributed by atoms with E-state index in [9.17, 15) is 5.26 Å². The summed E-state index contributed by atoms with van der Waals surface area (Å²) in [4.78, 5) is 8.61. The van der Waals surface area contributed by atoms with E-state index in [-0.39, 0.29) is 36.9 Å². The number of aryl methyl sites for hydroxylation is 2. The van der Waals surface area contributed by atoms with Crippen LogP contribution in [0.3, 0.4) is 0 Å². The van der Waals surface area contributed by atoms with Crippen molar-refractivity contribution in [3.05, 3.63) is 132 Å². The third-order valence-electron chi connectivity index (χ3n) is 6.97. The van der Waals surface area contributed by atoms with Crippen LogP contribution in [0.2, 0.25) is 0 Å². The first-order chi connectivity index (χ1) is 24.4. The molecule has 0 saturated heterocycles. The first-order valence-corrected chi connectivity index (χ1v) is 14.0. The van der Waals surface area contributed by atoms with E-state index in [1.54, 1.807) is 24.4 Å². The van der Waals surface area contributed by atoms with E-state index in [0.717, 1.165) is 39.0 Å². The molecule has 0 aliphatic heterocycles. The number of nitriles is 1. The van der Waals surface area contributed by atoms with E-state index in [0.29, 0.717) is 27.9 Å². The number of hydrogen-bond acceptors (Lipinski definition) is 4. The van der Waals surface area contributed by atoms with Crippen LogP contribution >= 0.6 is 0 Å². The second-order valence-corrected chi connectivity index (χ2v) is 11.4. The Hall–Kier alpha value is -4.62. The molecule has 45 heavy (non-hydrogen) atoms. The molecule has 3 heterocycles. The molecule has 0 bridgehead atoms. The minimum Gasteiger partial charge on any atom is -0.500 e. The zero-order chi connectivity index (χ0) is 37.6. The molecule has 0 saturated carbocycles. The molecule has 0 amide bonds. The van der Waals surface area contributed by atoms with Gasteiger partial charge in [0.1, 0.15) is 5.58 Å². The summed E-state index contributed by atoms with van der Waals surface area (Å²) in [6.45, 7) is 0.443. The van der Waals surface area contributed by atoms with E-state index in [1.807, 2.05) is 81.4 Å². The molecule has 225 valence electrons. The zero-order valence-electron chi connectivity index (χ0n) is 32.8. The van der Waals surface area contributed by atoms with Gasteiger partial charge in [0, 0.05) is 54.2 Å². The maximum absolute atomic E-state index is 9.29. The fourth-order valence-corrected chi connectivity index (χ4v) is 4.98. The minimum absolute atomic E-state index is 0. The van der Waals surface area contributed by atoms with Gasteiger partial charge in [-0.3, -0.25) is 0 Å².